The number of aryl methyl sites for hydroxylation is 1. The Kier molecular flexibility index (Phi) is 1.87. The third-order valence-corrected chi connectivity index (χ3v) is 1.82. The second-order valence-electron chi connectivity index (χ2n) is 2.31. The number of nitrogens with zero attached hydrogens (tertiary/aromatic N) is 2. The van der Waals surface area contributed by atoms with Crippen LogP contribution in [-0.2, 0) is 0 Å². The molecular formula is C7H5IN2O2. The van der Waals surface area contributed by atoms with Crippen molar-refractivity contribution in [3.63, 3.8) is 0 Å². The van der Waals surface area contributed by atoms with Gasteiger partial charge in [0.15, 0.2) is 0 Å². The normalized spacial score (nSPS) is 10.5. The highest BCUT2D eigenvalue weighted by atomic mass is 127. The Morgan fingerprint density at radius 1 is 1.50 bits per heavy atom. The fourth-order valence-electron chi connectivity index (χ4n) is 0.878. The fraction of sp³-hybridized carbons (Fsp3) is 0.143. The Morgan fingerprint density at radius 2 is 2.33 bits per heavy atom. The molecule has 0 saturated heterocycles. The van der Waals surface area contributed by atoms with Gasteiger partial charge < -0.3 is 8.94 Å². The topological polar surface area (TPSA) is 52.1 Å². The molecule has 2 aromatic rings. The summed E-state index contributed by atoms with van der Waals surface area (Å²) in [4.78, 5) is 4.04. The average Bonchev–Trinajstić information content (AvgIpc) is 2.58. The van der Waals surface area contributed by atoms with Gasteiger partial charge in [-0.3, -0.25) is 0 Å². The van der Waals surface area contributed by atoms with Crippen LogP contribution in [0.1, 0.15) is 5.76 Å². The summed E-state index contributed by atoms with van der Waals surface area (Å²) in [6.45, 7) is 1.87. The lowest BCUT2D eigenvalue weighted by Gasteiger charge is -1.79. The van der Waals surface area contributed by atoms with Gasteiger partial charge >= 0.3 is 0 Å². The van der Waals surface area contributed by atoms with E-state index >= 15 is 0 Å². The van der Waals surface area contributed by atoms with E-state index in [2.05, 4.69) is 10.1 Å². The minimum atomic E-state index is 0.497. The molecule has 2 rings (SSSR count). The number of aromatic nitrogens is 2. The highest BCUT2D eigenvalue weighted by Gasteiger charge is 2.08. The van der Waals surface area contributed by atoms with E-state index in [9.17, 15) is 0 Å². The summed E-state index contributed by atoms with van der Waals surface area (Å²) in [7, 11) is 0. The van der Waals surface area contributed by atoms with E-state index in [1.54, 1.807) is 6.26 Å². The minimum Gasteiger partial charge on any atom is -0.469 e. The number of hydrogen-bond acceptors (Lipinski definition) is 4. The van der Waals surface area contributed by atoms with Crippen molar-refractivity contribution >= 4 is 22.6 Å². The maximum atomic E-state index is 5.10. The maximum absolute atomic E-state index is 5.10. The molecule has 0 aliphatic carbocycles. The van der Waals surface area contributed by atoms with Gasteiger partial charge in [0.2, 0.25) is 3.83 Å². The molecule has 62 valence electrons. The van der Waals surface area contributed by atoms with Crippen LogP contribution < -0.4 is 0 Å². The number of hydrogen-bond donors (Lipinski definition) is 0. The Balaban J connectivity index is 2.43. The molecule has 0 fully saturated rings. The van der Waals surface area contributed by atoms with Crippen LogP contribution in [0, 0.1) is 10.8 Å². The first-order valence-electron chi connectivity index (χ1n) is 3.30. The van der Waals surface area contributed by atoms with E-state index in [0.717, 1.165) is 11.3 Å². The first-order chi connectivity index (χ1) is 5.75. The predicted octanol–water partition coefficient (Wildman–Crippen LogP) is 2.24. The molecule has 0 radical (unpaired) electrons. The zero-order valence-corrected chi connectivity index (χ0v) is 8.40. The average molecular weight is 276 g/mol. The van der Waals surface area contributed by atoms with E-state index in [4.69, 9.17) is 8.94 Å². The van der Waals surface area contributed by atoms with Gasteiger partial charge in [0.1, 0.15) is 12.0 Å². The van der Waals surface area contributed by atoms with Crippen LogP contribution in [0.5, 0.6) is 0 Å². The highest BCUT2D eigenvalue weighted by molar-refractivity contribution is 14.1. The van der Waals surface area contributed by atoms with E-state index < -0.39 is 0 Å². The third kappa shape index (κ3) is 1.36. The van der Waals surface area contributed by atoms with E-state index in [0.29, 0.717) is 9.72 Å². The van der Waals surface area contributed by atoms with Gasteiger partial charge in [-0.1, -0.05) is 5.16 Å². The van der Waals surface area contributed by atoms with Crippen molar-refractivity contribution in [2.24, 2.45) is 0 Å². The van der Waals surface area contributed by atoms with Crippen LogP contribution in [0.4, 0.5) is 0 Å². The van der Waals surface area contributed by atoms with Crippen molar-refractivity contribution in [3.8, 4) is 11.5 Å². The molecular weight excluding hydrogens is 271 g/mol. The van der Waals surface area contributed by atoms with Crippen LogP contribution in [0.2, 0.25) is 0 Å². The summed E-state index contributed by atoms with van der Waals surface area (Å²) in [5, 5.41) is 3.66. The first-order valence-corrected chi connectivity index (χ1v) is 4.38. The van der Waals surface area contributed by atoms with Crippen LogP contribution in [0.25, 0.3) is 11.5 Å². The van der Waals surface area contributed by atoms with Gasteiger partial charge in [-0.05, 0) is 13.0 Å². The maximum Gasteiger partial charge on any atom is 0.261 e. The molecule has 4 nitrogen and oxygen atoms in total. The molecule has 0 aliphatic heterocycles. The molecule has 2 heterocycles. The largest absolute Gasteiger partial charge is 0.469 e. The van der Waals surface area contributed by atoms with Crippen LogP contribution in [0.15, 0.2) is 21.3 Å². The standard InChI is InChI=1S/C7H5IN2O2/c1-4-2-5(3-11-4)6-9-7(8)10-12-6/h2-3H,1H3. The van der Waals surface area contributed by atoms with E-state index in [1.807, 2.05) is 35.6 Å². The molecule has 0 amide bonds. The fourth-order valence-corrected chi connectivity index (χ4v) is 1.20. The van der Waals surface area contributed by atoms with Crippen molar-refractivity contribution in [2.45, 2.75) is 6.92 Å². The number of rotatable bonds is 1. The smallest absolute Gasteiger partial charge is 0.261 e. The number of furan rings is 1. The molecule has 2 aromatic heterocycles. The molecule has 0 atom stereocenters. The summed E-state index contributed by atoms with van der Waals surface area (Å²) < 4.78 is 10.6. The van der Waals surface area contributed by atoms with Gasteiger partial charge in [-0.2, -0.15) is 4.98 Å². The Labute approximate surface area is 82.1 Å². The van der Waals surface area contributed by atoms with Crippen LogP contribution >= 0.6 is 22.6 Å². The molecule has 0 spiro atoms. The van der Waals surface area contributed by atoms with Crippen LogP contribution in [0.3, 0.4) is 0 Å². The predicted molar refractivity (Wildman–Crippen MR) is 49.5 cm³/mol. The van der Waals surface area contributed by atoms with Gasteiger partial charge in [0, 0.05) is 22.6 Å². The van der Waals surface area contributed by atoms with Crippen molar-refractivity contribution in [1.82, 2.24) is 10.1 Å². The SMILES string of the molecule is Cc1cc(-c2nc(I)no2)co1. The summed E-state index contributed by atoms with van der Waals surface area (Å²) in [5.74, 6) is 1.33. The van der Waals surface area contributed by atoms with Crippen molar-refractivity contribution in [2.75, 3.05) is 0 Å². The highest BCUT2D eigenvalue weighted by Crippen LogP contribution is 2.19. The van der Waals surface area contributed by atoms with Crippen molar-refractivity contribution < 1.29 is 8.94 Å². The van der Waals surface area contributed by atoms with Gasteiger partial charge in [-0.25, -0.2) is 0 Å². The Hall–Kier alpha value is -0.850. The molecule has 0 aromatic carbocycles. The quantitative estimate of drug-likeness (QED) is 0.749. The lowest BCUT2D eigenvalue weighted by molar-refractivity contribution is 0.425. The molecule has 5 heteroatoms. The second-order valence-corrected chi connectivity index (χ2v) is 3.28. The van der Waals surface area contributed by atoms with Gasteiger partial charge in [-0.15, -0.1) is 0 Å². The zero-order chi connectivity index (χ0) is 8.55. The first kappa shape index (κ1) is 7.78. The van der Waals surface area contributed by atoms with Crippen molar-refractivity contribution in [1.29, 1.82) is 0 Å². The second kappa shape index (κ2) is 2.89. The molecule has 0 saturated carbocycles. The monoisotopic (exact) mass is 276 g/mol. The molecule has 12 heavy (non-hydrogen) atoms. The van der Waals surface area contributed by atoms with E-state index in [1.165, 1.54) is 0 Å². The summed E-state index contributed by atoms with van der Waals surface area (Å²) in [5.41, 5.74) is 0.822. The number of halogens is 1. The molecule has 0 bridgehead atoms. The van der Waals surface area contributed by atoms with Crippen molar-refractivity contribution in [3.05, 3.63) is 21.9 Å². The summed E-state index contributed by atoms with van der Waals surface area (Å²) in [6.07, 6.45) is 1.60. The summed E-state index contributed by atoms with van der Waals surface area (Å²) in [6, 6.07) is 1.85. The molecule has 0 aliphatic rings. The van der Waals surface area contributed by atoms with E-state index in [-0.39, 0.29) is 0 Å². The van der Waals surface area contributed by atoms with Crippen LogP contribution in [-0.4, -0.2) is 10.1 Å². The van der Waals surface area contributed by atoms with Gasteiger partial charge in [0.25, 0.3) is 5.89 Å². The third-order valence-electron chi connectivity index (χ3n) is 1.38. The Morgan fingerprint density at radius 3 is 2.83 bits per heavy atom. The lowest BCUT2D eigenvalue weighted by Crippen LogP contribution is -1.72. The lowest BCUT2D eigenvalue weighted by atomic mass is 10.3. The molecule has 0 unspecified atom stereocenters. The minimum absolute atomic E-state index is 0.497. The molecule has 0 N–H and O–H groups in total. The summed E-state index contributed by atoms with van der Waals surface area (Å²) >= 11 is 1.99. The Bertz CT molecular complexity index is 355. The van der Waals surface area contributed by atoms with Gasteiger partial charge in [0.05, 0.1) is 5.56 Å². The zero-order valence-electron chi connectivity index (χ0n) is 6.24.